The molecule has 260 valence electrons. The van der Waals surface area contributed by atoms with Crippen molar-refractivity contribution in [1.29, 1.82) is 0 Å². The lowest BCUT2D eigenvalue weighted by Gasteiger charge is -2.15. The molecule has 5 nitrogen and oxygen atoms in total. The molecular weight excluding hydrogens is 572 g/mol. The number of aliphatic hydroxyl groups is 1. The van der Waals surface area contributed by atoms with E-state index in [1.807, 2.05) is 0 Å². The Morgan fingerprint density at radius 1 is 0.522 bits per heavy atom. The van der Waals surface area contributed by atoms with Crippen LogP contribution >= 0.6 is 0 Å². The highest BCUT2D eigenvalue weighted by atomic mass is 16.6. The fourth-order valence-electron chi connectivity index (χ4n) is 4.44. The maximum Gasteiger partial charge on any atom is 0.306 e. The second-order valence-electron chi connectivity index (χ2n) is 11.6. The van der Waals surface area contributed by atoms with Crippen molar-refractivity contribution in [3.8, 4) is 0 Å². The summed E-state index contributed by atoms with van der Waals surface area (Å²) in [6.07, 6.45) is 49.3. The number of unbranched alkanes of at least 4 members (excludes halogenated alkanes) is 9. The first-order chi connectivity index (χ1) is 22.6. The van der Waals surface area contributed by atoms with Gasteiger partial charge in [0.05, 0.1) is 6.61 Å². The Kier molecular flexibility index (Phi) is 34.2. The lowest BCUT2D eigenvalue weighted by molar-refractivity contribution is -0.161. The Morgan fingerprint density at radius 2 is 0.957 bits per heavy atom. The van der Waals surface area contributed by atoms with Crippen molar-refractivity contribution in [3.05, 3.63) is 85.1 Å². The van der Waals surface area contributed by atoms with Gasteiger partial charge >= 0.3 is 11.9 Å². The molecular formula is C41H66O5. The minimum Gasteiger partial charge on any atom is -0.462 e. The third-order valence-electron chi connectivity index (χ3n) is 7.17. The Hall–Kier alpha value is -2.92. The minimum absolute atomic E-state index is 0.114. The maximum atomic E-state index is 12.1. The molecule has 0 aromatic rings. The topological polar surface area (TPSA) is 72.8 Å². The summed E-state index contributed by atoms with van der Waals surface area (Å²) >= 11 is 0. The molecule has 46 heavy (non-hydrogen) atoms. The number of aliphatic hydroxyl groups excluding tert-OH is 1. The van der Waals surface area contributed by atoms with Gasteiger partial charge in [-0.15, -0.1) is 0 Å². The highest BCUT2D eigenvalue weighted by molar-refractivity contribution is 5.70. The van der Waals surface area contributed by atoms with E-state index >= 15 is 0 Å². The van der Waals surface area contributed by atoms with E-state index in [2.05, 4.69) is 98.9 Å². The van der Waals surface area contributed by atoms with Gasteiger partial charge in [0, 0.05) is 12.8 Å². The van der Waals surface area contributed by atoms with Gasteiger partial charge in [0.1, 0.15) is 6.61 Å². The second kappa shape index (κ2) is 36.5. The van der Waals surface area contributed by atoms with Crippen molar-refractivity contribution >= 4 is 11.9 Å². The van der Waals surface area contributed by atoms with Crippen molar-refractivity contribution in [2.75, 3.05) is 13.2 Å². The van der Waals surface area contributed by atoms with Crippen LogP contribution in [0, 0.1) is 0 Å². The predicted octanol–water partition coefficient (Wildman–Crippen LogP) is 11.2. The van der Waals surface area contributed by atoms with Crippen molar-refractivity contribution in [2.45, 2.75) is 148 Å². The number of esters is 2. The highest BCUT2D eigenvalue weighted by Crippen LogP contribution is 2.08. The number of carbonyl (C=O) groups is 2. The number of allylic oxidation sites excluding steroid dienone is 14. The summed E-state index contributed by atoms with van der Waals surface area (Å²) in [5.74, 6) is -0.711. The lowest BCUT2D eigenvalue weighted by Crippen LogP contribution is -2.28. The number of hydrogen-bond acceptors (Lipinski definition) is 5. The summed E-state index contributed by atoms with van der Waals surface area (Å²) in [5.41, 5.74) is 0. The van der Waals surface area contributed by atoms with Gasteiger partial charge in [0.25, 0.3) is 0 Å². The van der Waals surface area contributed by atoms with Gasteiger partial charge in [-0.3, -0.25) is 9.59 Å². The van der Waals surface area contributed by atoms with Gasteiger partial charge < -0.3 is 14.6 Å². The first kappa shape index (κ1) is 43.1. The number of rotatable bonds is 31. The van der Waals surface area contributed by atoms with Crippen LogP contribution in [0.2, 0.25) is 0 Å². The van der Waals surface area contributed by atoms with Crippen LogP contribution in [0.3, 0.4) is 0 Å². The van der Waals surface area contributed by atoms with Gasteiger partial charge in [-0.2, -0.15) is 0 Å². The molecule has 0 heterocycles. The third-order valence-corrected chi connectivity index (χ3v) is 7.17. The molecule has 5 heteroatoms. The molecule has 1 N–H and O–H groups in total. The number of hydrogen-bond donors (Lipinski definition) is 1. The fraction of sp³-hybridized carbons (Fsp3) is 0.610. The summed E-state index contributed by atoms with van der Waals surface area (Å²) in [7, 11) is 0. The smallest absolute Gasteiger partial charge is 0.306 e. The number of carbonyl (C=O) groups excluding carboxylic acids is 2. The molecule has 0 spiro atoms. The van der Waals surface area contributed by atoms with Gasteiger partial charge in [0.15, 0.2) is 6.10 Å². The first-order valence-corrected chi connectivity index (χ1v) is 18.1. The lowest BCUT2D eigenvalue weighted by atomic mass is 10.1. The van der Waals surface area contributed by atoms with Crippen LogP contribution in [-0.4, -0.2) is 36.4 Å². The zero-order valence-electron chi connectivity index (χ0n) is 29.3. The Balaban J connectivity index is 3.77. The molecule has 0 aliphatic carbocycles. The Bertz CT molecular complexity index is 906. The molecule has 0 aromatic carbocycles. The van der Waals surface area contributed by atoms with Crippen molar-refractivity contribution in [3.63, 3.8) is 0 Å². The SMILES string of the molecule is CCC=CCC=CCC=CCC=CCCCCC(=O)O[C@@H](CO)COC(=O)CCCC=CCC=CCC=CCCCCCCCC. The molecule has 0 fully saturated rings. The quantitative estimate of drug-likeness (QED) is 0.0465. The van der Waals surface area contributed by atoms with E-state index < -0.39 is 6.10 Å². The Labute approximate surface area is 282 Å². The van der Waals surface area contributed by atoms with Crippen LogP contribution in [0.1, 0.15) is 142 Å². The van der Waals surface area contributed by atoms with Gasteiger partial charge in [-0.25, -0.2) is 0 Å². The van der Waals surface area contributed by atoms with E-state index in [4.69, 9.17) is 9.47 Å². The third kappa shape index (κ3) is 34.0. The minimum atomic E-state index is -0.817. The van der Waals surface area contributed by atoms with E-state index in [1.165, 1.54) is 44.9 Å². The average Bonchev–Trinajstić information content (AvgIpc) is 3.06. The molecule has 0 amide bonds. The molecule has 0 aromatic heterocycles. The molecule has 0 radical (unpaired) electrons. The zero-order valence-corrected chi connectivity index (χ0v) is 29.3. The second-order valence-corrected chi connectivity index (χ2v) is 11.6. The van der Waals surface area contributed by atoms with E-state index in [0.717, 1.165) is 57.8 Å². The average molecular weight is 639 g/mol. The molecule has 0 saturated heterocycles. The highest BCUT2D eigenvalue weighted by Gasteiger charge is 2.15. The summed E-state index contributed by atoms with van der Waals surface area (Å²) < 4.78 is 10.5. The van der Waals surface area contributed by atoms with Crippen molar-refractivity contribution in [2.24, 2.45) is 0 Å². The van der Waals surface area contributed by atoms with Crippen LogP contribution in [0.4, 0.5) is 0 Å². The predicted molar refractivity (Wildman–Crippen MR) is 196 cm³/mol. The van der Waals surface area contributed by atoms with E-state index in [0.29, 0.717) is 19.3 Å². The van der Waals surface area contributed by atoms with Crippen molar-refractivity contribution < 1.29 is 24.2 Å². The van der Waals surface area contributed by atoms with Crippen LogP contribution in [0.5, 0.6) is 0 Å². The monoisotopic (exact) mass is 638 g/mol. The summed E-state index contributed by atoms with van der Waals surface area (Å²) in [6, 6.07) is 0. The largest absolute Gasteiger partial charge is 0.462 e. The van der Waals surface area contributed by atoms with E-state index in [9.17, 15) is 14.7 Å². The van der Waals surface area contributed by atoms with Crippen LogP contribution in [0.25, 0.3) is 0 Å². The normalized spacial score (nSPS) is 13.2. The molecule has 0 aliphatic heterocycles. The van der Waals surface area contributed by atoms with Crippen LogP contribution in [-0.2, 0) is 19.1 Å². The molecule has 1 atom stereocenters. The first-order valence-electron chi connectivity index (χ1n) is 18.1. The standard InChI is InChI=1S/C41H66O5/c1-3-5-7-9-11-13-15-17-19-20-22-23-25-27-29-31-33-35-40(43)45-38-39(37-42)46-41(44)36-34-32-30-28-26-24-21-18-16-14-12-10-8-6-4-2/h6,8,12,14,17-19,21-23,26-29,39,42H,3-5,7,9-11,13,15-16,20,24-25,30-38H2,1-2H3/t39-/m0/s1. The van der Waals surface area contributed by atoms with E-state index in [1.54, 1.807) is 0 Å². The van der Waals surface area contributed by atoms with Gasteiger partial charge in [-0.1, -0.05) is 131 Å². The molecule has 0 rings (SSSR count). The Morgan fingerprint density at radius 3 is 1.48 bits per heavy atom. The zero-order chi connectivity index (χ0) is 33.6. The molecule has 0 aliphatic rings. The number of ether oxygens (including phenoxy) is 2. The van der Waals surface area contributed by atoms with Crippen LogP contribution < -0.4 is 0 Å². The van der Waals surface area contributed by atoms with Crippen LogP contribution in [0.15, 0.2) is 85.1 Å². The fourth-order valence-corrected chi connectivity index (χ4v) is 4.44. The molecule has 0 bridgehead atoms. The maximum absolute atomic E-state index is 12.1. The van der Waals surface area contributed by atoms with Crippen molar-refractivity contribution in [1.82, 2.24) is 0 Å². The molecule has 0 unspecified atom stereocenters. The van der Waals surface area contributed by atoms with Gasteiger partial charge in [-0.05, 0) is 83.5 Å². The van der Waals surface area contributed by atoms with Gasteiger partial charge in [0.2, 0.25) is 0 Å². The summed E-state index contributed by atoms with van der Waals surface area (Å²) in [6.45, 7) is 3.91. The summed E-state index contributed by atoms with van der Waals surface area (Å²) in [4.78, 5) is 24.1. The van der Waals surface area contributed by atoms with E-state index in [-0.39, 0.29) is 31.6 Å². The molecule has 0 saturated carbocycles. The summed E-state index contributed by atoms with van der Waals surface area (Å²) in [5, 5.41) is 9.52.